The van der Waals surface area contributed by atoms with E-state index >= 15 is 0 Å². The van der Waals surface area contributed by atoms with Gasteiger partial charge in [-0.3, -0.25) is 0 Å². The van der Waals surface area contributed by atoms with Crippen LogP contribution in [0.1, 0.15) is 43.0 Å². The molecule has 112 valence electrons. The van der Waals surface area contributed by atoms with Gasteiger partial charge in [0, 0.05) is 18.0 Å². The Morgan fingerprint density at radius 2 is 2.15 bits per heavy atom. The molecule has 1 aromatic rings. The minimum Gasteiger partial charge on any atom is -0.388 e. The lowest BCUT2D eigenvalue weighted by molar-refractivity contribution is 0.0522. The molecule has 1 aromatic heterocycles. The monoisotopic (exact) mass is 295 g/mol. The van der Waals surface area contributed by atoms with Crippen molar-refractivity contribution in [3.8, 4) is 0 Å². The average molecular weight is 295 g/mol. The number of hydrogen-bond acceptors (Lipinski definition) is 3. The maximum absolute atomic E-state index is 10.4. The second-order valence-corrected chi connectivity index (χ2v) is 6.51. The van der Waals surface area contributed by atoms with E-state index in [2.05, 4.69) is 40.9 Å². The molecule has 0 amide bonds. The summed E-state index contributed by atoms with van der Waals surface area (Å²) >= 11 is 1.74. The third-order valence-corrected chi connectivity index (χ3v) is 4.82. The van der Waals surface area contributed by atoms with Crippen LogP contribution in [0.5, 0.6) is 0 Å². The van der Waals surface area contributed by atoms with Gasteiger partial charge < -0.3 is 15.7 Å². The van der Waals surface area contributed by atoms with Crippen molar-refractivity contribution < 1.29 is 5.11 Å². The van der Waals surface area contributed by atoms with Crippen molar-refractivity contribution >= 4 is 17.3 Å². The molecular weight excluding hydrogens is 270 g/mol. The zero-order chi connectivity index (χ0) is 14.4. The average Bonchev–Trinajstić information content (AvgIpc) is 3.03. The molecule has 0 radical (unpaired) electrons. The standard InChI is InChI=1S/C15H25N3OS/c1-3-16-14(17-10-13-12(2)6-9-20-13)18-11-15(19)7-4-5-8-15/h6,9,19H,3-5,7-8,10-11H2,1-2H3,(H2,16,17,18). The summed E-state index contributed by atoms with van der Waals surface area (Å²) in [7, 11) is 0. The number of guanidine groups is 1. The van der Waals surface area contributed by atoms with Gasteiger partial charge in [-0.15, -0.1) is 11.3 Å². The number of aryl methyl sites for hydroxylation is 1. The smallest absolute Gasteiger partial charge is 0.191 e. The maximum Gasteiger partial charge on any atom is 0.191 e. The quantitative estimate of drug-likeness (QED) is 0.577. The summed E-state index contributed by atoms with van der Waals surface area (Å²) in [6, 6.07) is 2.12. The second kappa shape index (κ2) is 7.09. The fourth-order valence-electron chi connectivity index (χ4n) is 2.52. The number of rotatable bonds is 5. The van der Waals surface area contributed by atoms with Crippen molar-refractivity contribution in [2.24, 2.45) is 4.99 Å². The van der Waals surface area contributed by atoms with Gasteiger partial charge in [-0.1, -0.05) is 12.8 Å². The van der Waals surface area contributed by atoms with Gasteiger partial charge in [0.05, 0.1) is 12.1 Å². The molecule has 5 heteroatoms. The lowest BCUT2D eigenvalue weighted by Gasteiger charge is -2.23. The summed E-state index contributed by atoms with van der Waals surface area (Å²) in [5, 5.41) is 19.0. The second-order valence-electron chi connectivity index (χ2n) is 5.51. The number of thiophene rings is 1. The first kappa shape index (κ1) is 15.3. The topological polar surface area (TPSA) is 56.7 Å². The lowest BCUT2D eigenvalue weighted by atomic mass is 10.0. The van der Waals surface area contributed by atoms with Gasteiger partial charge in [-0.05, 0) is 43.7 Å². The van der Waals surface area contributed by atoms with Crippen LogP contribution in [0.4, 0.5) is 0 Å². The van der Waals surface area contributed by atoms with Crippen LogP contribution in [0.3, 0.4) is 0 Å². The summed E-state index contributed by atoms with van der Waals surface area (Å²) in [6.45, 7) is 6.27. The number of aliphatic hydroxyl groups is 1. The van der Waals surface area contributed by atoms with Crippen LogP contribution in [-0.4, -0.2) is 29.8 Å². The van der Waals surface area contributed by atoms with E-state index in [0.29, 0.717) is 13.1 Å². The molecule has 0 aromatic carbocycles. The van der Waals surface area contributed by atoms with Crippen molar-refractivity contribution in [2.45, 2.75) is 51.7 Å². The van der Waals surface area contributed by atoms with Crippen molar-refractivity contribution in [3.63, 3.8) is 0 Å². The molecule has 1 aliphatic rings. The van der Waals surface area contributed by atoms with E-state index in [9.17, 15) is 5.11 Å². The van der Waals surface area contributed by atoms with Gasteiger partial charge in [-0.25, -0.2) is 4.99 Å². The molecule has 0 bridgehead atoms. The fourth-order valence-corrected chi connectivity index (χ4v) is 3.35. The Hall–Kier alpha value is -1.07. The predicted octanol–water partition coefficient (Wildman–Crippen LogP) is 2.42. The zero-order valence-corrected chi connectivity index (χ0v) is 13.2. The van der Waals surface area contributed by atoms with E-state index in [-0.39, 0.29) is 0 Å². The van der Waals surface area contributed by atoms with Crippen molar-refractivity contribution in [3.05, 3.63) is 21.9 Å². The minimum absolute atomic E-state index is 0.547. The number of hydrogen-bond donors (Lipinski definition) is 3. The van der Waals surface area contributed by atoms with Crippen molar-refractivity contribution in [1.29, 1.82) is 0 Å². The third kappa shape index (κ3) is 4.21. The van der Waals surface area contributed by atoms with Crippen LogP contribution in [0.15, 0.2) is 16.4 Å². The van der Waals surface area contributed by atoms with Gasteiger partial charge in [0.1, 0.15) is 0 Å². The van der Waals surface area contributed by atoms with E-state index < -0.39 is 5.60 Å². The molecule has 4 nitrogen and oxygen atoms in total. The lowest BCUT2D eigenvalue weighted by Crippen LogP contribution is -2.46. The predicted molar refractivity (Wildman–Crippen MR) is 85.3 cm³/mol. The molecule has 0 atom stereocenters. The molecule has 1 saturated carbocycles. The Bertz CT molecular complexity index is 450. The summed E-state index contributed by atoms with van der Waals surface area (Å²) < 4.78 is 0. The highest BCUT2D eigenvalue weighted by molar-refractivity contribution is 7.10. The van der Waals surface area contributed by atoms with E-state index in [1.54, 1.807) is 11.3 Å². The molecule has 2 rings (SSSR count). The van der Waals surface area contributed by atoms with Gasteiger partial charge in [0.2, 0.25) is 0 Å². The SMILES string of the molecule is CCNC(=NCc1sccc1C)NCC1(O)CCCC1. The highest BCUT2D eigenvalue weighted by Crippen LogP contribution is 2.28. The van der Waals surface area contributed by atoms with Crippen LogP contribution in [-0.2, 0) is 6.54 Å². The van der Waals surface area contributed by atoms with Crippen molar-refractivity contribution in [2.75, 3.05) is 13.1 Å². The molecule has 1 aliphatic carbocycles. The van der Waals surface area contributed by atoms with Gasteiger partial charge in [0.25, 0.3) is 0 Å². The van der Waals surface area contributed by atoms with E-state index in [0.717, 1.165) is 38.2 Å². The van der Waals surface area contributed by atoms with Gasteiger partial charge in [-0.2, -0.15) is 0 Å². The Balaban J connectivity index is 1.90. The molecule has 1 fully saturated rings. The Morgan fingerprint density at radius 3 is 2.75 bits per heavy atom. The minimum atomic E-state index is -0.547. The highest BCUT2D eigenvalue weighted by atomic mass is 32.1. The Labute approximate surface area is 125 Å². The maximum atomic E-state index is 10.4. The molecule has 0 unspecified atom stereocenters. The van der Waals surface area contributed by atoms with Crippen LogP contribution in [0, 0.1) is 6.92 Å². The summed E-state index contributed by atoms with van der Waals surface area (Å²) in [5.74, 6) is 0.792. The number of nitrogens with zero attached hydrogens (tertiary/aromatic N) is 1. The van der Waals surface area contributed by atoms with Gasteiger partial charge >= 0.3 is 0 Å². The van der Waals surface area contributed by atoms with E-state index in [1.807, 2.05) is 0 Å². The van der Waals surface area contributed by atoms with Crippen molar-refractivity contribution in [1.82, 2.24) is 10.6 Å². The van der Waals surface area contributed by atoms with Crippen LogP contribution in [0.2, 0.25) is 0 Å². The fraction of sp³-hybridized carbons (Fsp3) is 0.667. The van der Waals surface area contributed by atoms with Crippen LogP contribution in [0.25, 0.3) is 0 Å². The Kier molecular flexibility index (Phi) is 5.43. The van der Waals surface area contributed by atoms with E-state index in [4.69, 9.17) is 0 Å². The molecule has 3 N–H and O–H groups in total. The summed E-state index contributed by atoms with van der Waals surface area (Å²) in [6.07, 6.45) is 4.04. The van der Waals surface area contributed by atoms with Crippen LogP contribution >= 0.6 is 11.3 Å². The summed E-state index contributed by atoms with van der Waals surface area (Å²) in [4.78, 5) is 5.90. The number of aliphatic imine (C=N–C) groups is 1. The molecule has 0 saturated heterocycles. The Morgan fingerprint density at radius 1 is 1.40 bits per heavy atom. The first-order chi connectivity index (χ1) is 9.63. The molecule has 0 aliphatic heterocycles. The number of nitrogens with one attached hydrogen (secondary N) is 2. The first-order valence-corrected chi connectivity index (χ1v) is 8.28. The highest BCUT2D eigenvalue weighted by Gasteiger charge is 2.30. The van der Waals surface area contributed by atoms with Gasteiger partial charge in [0.15, 0.2) is 5.96 Å². The van der Waals surface area contributed by atoms with E-state index in [1.165, 1.54) is 10.4 Å². The third-order valence-electron chi connectivity index (χ3n) is 3.81. The molecule has 20 heavy (non-hydrogen) atoms. The first-order valence-electron chi connectivity index (χ1n) is 7.40. The van der Waals surface area contributed by atoms with Crippen LogP contribution < -0.4 is 10.6 Å². The molecular formula is C15H25N3OS. The molecule has 0 spiro atoms. The zero-order valence-electron chi connectivity index (χ0n) is 12.4. The normalized spacial score (nSPS) is 18.2. The molecule has 1 heterocycles. The summed E-state index contributed by atoms with van der Waals surface area (Å²) in [5.41, 5.74) is 0.749. The largest absolute Gasteiger partial charge is 0.388 e.